The molecule has 1 aromatic carbocycles. The van der Waals surface area contributed by atoms with Gasteiger partial charge in [-0.25, -0.2) is 0 Å². The lowest BCUT2D eigenvalue weighted by atomic mass is 10.0. The highest BCUT2D eigenvalue weighted by atomic mass is 16.5. The number of hydrogen-bond acceptors (Lipinski definition) is 2. The van der Waals surface area contributed by atoms with Crippen LogP contribution in [0.2, 0.25) is 0 Å². The highest BCUT2D eigenvalue weighted by molar-refractivity contribution is 5.96. The standard InChI is InChI=1S/C13H17NO2/c1-9-4-3-5-12(10(9)2)13(15)14-11-6-7-16-8-11/h3-5,11H,6-8H2,1-2H3,(H,14,15). The molecule has 1 aliphatic rings. The molecule has 0 bridgehead atoms. The monoisotopic (exact) mass is 219 g/mol. The molecular weight excluding hydrogens is 202 g/mol. The fourth-order valence-corrected chi connectivity index (χ4v) is 1.91. The second kappa shape index (κ2) is 4.66. The molecule has 1 heterocycles. The molecule has 0 spiro atoms. The molecule has 3 nitrogen and oxygen atoms in total. The van der Waals surface area contributed by atoms with Gasteiger partial charge in [-0.2, -0.15) is 0 Å². The zero-order valence-electron chi connectivity index (χ0n) is 9.75. The van der Waals surface area contributed by atoms with Crippen molar-refractivity contribution in [3.8, 4) is 0 Å². The third kappa shape index (κ3) is 2.25. The van der Waals surface area contributed by atoms with E-state index in [0.717, 1.165) is 29.7 Å². The highest BCUT2D eigenvalue weighted by Crippen LogP contribution is 2.13. The zero-order chi connectivity index (χ0) is 11.5. The molecule has 1 unspecified atom stereocenters. The normalized spacial score (nSPS) is 19.8. The number of benzene rings is 1. The SMILES string of the molecule is Cc1cccc(C(=O)NC2CCOC2)c1C. The van der Waals surface area contributed by atoms with Gasteiger partial charge in [0.2, 0.25) is 0 Å². The summed E-state index contributed by atoms with van der Waals surface area (Å²) in [7, 11) is 0. The van der Waals surface area contributed by atoms with Crippen molar-refractivity contribution in [2.24, 2.45) is 0 Å². The van der Waals surface area contributed by atoms with Crippen molar-refractivity contribution in [3.63, 3.8) is 0 Å². The minimum atomic E-state index is 0.0108. The van der Waals surface area contributed by atoms with Gasteiger partial charge in [-0.05, 0) is 37.5 Å². The predicted octanol–water partition coefficient (Wildman–Crippen LogP) is 1.82. The van der Waals surface area contributed by atoms with E-state index in [0.29, 0.717) is 6.61 Å². The Morgan fingerprint density at radius 3 is 2.94 bits per heavy atom. The van der Waals surface area contributed by atoms with Gasteiger partial charge >= 0.3 is 0 Å². The summed E-state index contributed by atoms with van der Waals surface area (Å²) in [5.41, 5.74) is 2.97. The van der Waals surface area contributed by atoms with Crippen LogP contribution >= 0.6 is 0 Å². The van der Waals surface area contributed by atoms with Gasteiger partial charge in [0.05, 0.1) is 12.6 Å². The molecule has 1 aliphatic heterocycles. The number of ether oxygens (including phenoxy) is 1. The maximum atomic E-state index is 12.0. The summed E-state index contributed by atoms with van der Waals surface area (Å²) in [6.07, 6.45) is 0.913. The number of amides is 1. The van der Waals surface area contributed by atoms with Crippen molar-refractivity contribution in [2.75, 3.05) is 13.2 Å². The van der Waals surface area contributed by atoms with E-state index >= 15 is 0 Å². The summed E-state index contributed by atoms with van der Waals surface area (Å²) >= 11 is 0. The van der Waals surface area contributed by atoms with Crippen LogP contribution in [0.5, 0.6) is 0 Å². The summed E-state index contributed by atoms with van der Waals surface area (Å²) in [6.45, 7) is 5.38. The van der Waals surface area contributed by atoms with Crippen molar-refractivity contribution in [2.45, 2.75) is 26.3 Å². The maximum Gasteiger partial charge on any atom is 0.251 e. The summed E-state index contributed by atoms with van der Waals surface area (Å²) in [4.78, 5) is 12.0. The number of carbonyl (C=O) groups excluding carboxylic acids is 1. The fraction of sp³-hybridized carbons (Fsp3) is 0.462. The second-order valence-electron chi connectivity index (χ2n) is 4.28. The molecule has 3 heteroatoms. The van der Waals surface area contributed by atoms with Gasteiger partial charge in [-0.1, -0.05) is 12.1 Å². The molecule has 2 rings (SSSR count). The Kier molecular flexibility index (Phi) is 3.25. The Labute approximate surface area is 95.8 Å². The Balaban J connectivity index is 2.11. The van der Waals surface area contributed by atoms with Crippen molar-refractivity contribution >= 4 is 5.91 Å². The minimum absolute atomic E-state index is 0.0108. The molecule has 0 aliphatic carbocycles. The van der Waals surface area contributed by atoms with Gasteiger partial charge in [0.1, 0.15) is 0 Å². The van der Waals surface area contributed by atoms with Gasteiger partial charge in [-0.15, -0.1) is 0 Å². The van der Waals surface area contributed by atoms with Crippen LogP contribution in [-0.4, -0.2) is 25.2 Å². The van der Waals surface area contributed by atoms with Crippen LogP contribution in [0.15, 0.2) is 18.2 Å². The largest absolute Gasteiger partial charge is 0.379 e. The van der Waals surface area contributed by atoms with Gasteiger partial charge < -0.3 is 10.1 Å². The zero-order valence-corrected chi connectivity index (χ0v) is 9.75. The molecule has 0 aromatic heterocycles. The molecule has 1 aromatic rings. The first kappa shape index (κ1) is 11.1. The first-order valence-electron chi connectivity index (χ1n) is 5.63. The van der Waals surface area contributed by atoms with Gasteiger partial charge in [0.15, 0.2) is 0 Å². The molecule has 0 radical (unpaired) electrons. The summed E-state index contributed by atoms with van der Waals surface area (Å²) in [6, 6.07) is 5.98. The first-order valence-corrected chi connectivity index (χ1v) is 5.63. The third-order valence-electron chi connectivity index (χ3n) is 3.11. The Morgan fingerprint density at radius 1 is 1.44 bits per heavy atom. The van der Waals surface area contributed by atoms with Crippen molar-refractivity contribution in [3.05, 3.63) is 34.9 Å². The van der Waals surface area contributed by atoms with E-state index in [1.807, 2.05) is 32.0 Å². The number of nitrogens with one attached hydrogen (secondary N) is 1. The number of aryl methyl sites for hydroxylation is 1. The van der Waals surface area contributed by atoms with Gasteiger partial charge in [0.25, 0.3) is 5.91 Å². The smallest absolute Gasteiger partial charge is 0.251 e. The summed E-state index contributed by atoms with van der Waals surface area (Å²) in [5.74, 6) is 0.0108. The lowest BCUT2D eigenvalue weighted by Gasteiger charge is -2.13. The van der Waals surface area contributed by atoms with Crippen molar-refractivity contribution in [1.29, 1.82) is 0 Å². The average Bonchev–Trinajstić information content (AvgIpc) is 2.74. The molecule has 1 saturated heterocycles. The van der Waals surface area contributed by atoms with Crippen LogP contribution in [0.1, 0.15) is 27.9 Å². The Hall–Kier alpha value is -1.35. The summed E-state index contributed by atoms with van der Waals surface area (Å²) < 4.78 is 5.23. The van der Waals surface area contributed by atoms with E-state index in [-0.39, 0.29) is 11.9 Å². The highest BCUT2D eigenvalue weighted by Gasteiger charge is 2.19. The molecule has 16 heavy (non-hydrogen) atoms. The minimum Gasteiger partial charge on any atom is -0.379 e. The average molecular weight is 219 g/mol. The lowest BCUT2D eigenvalue weighted by molar-refractivity contribution is 0.0929. The fourth-order valence-electron chi connectivity index (χ4n) is 1.91. The van der Waals surface area contributed by atoms with E-state index in [2.05, 4.69) is 5.32 Å². The van der Waals surface area contributed by atoms with Crippen molar-refractivity contribution < 1.29 is 9.53 Å². The molecule has 1 amide bonds. The van der Waals surface area contributed by atoms with Crippen LogP contribution in [0.25, 0.3) is 0 Å². The maximum absolute atomic E-state index is 12.0. The molecule has 1 atom stereocenters. The number of hydrogen-bond donors (Lipinski definition) is 1. The molecule has 86 valence electrons. The lowest BCUT2D eigenvalue weighted by Crippen LogP contribution is -2.35. The molecule has 0 saturated carbocycles. The van der Waals surface area contributed by atoms with E-state index < -0.39 is 0 Å². The van der Waals surface area contributed by atoms with Crippen LogP contribution < -0.4 is 5.32 Å². The quantitative estimate of drug-likeness (QED) is 0.824. The molecule has 1 N–H and O–H groups in total. The van der Waals surface area contributed by atoms with E-state index in [1.54, 1.807) is 0 Å². The Morgan fingerprint density at radius 2 is 2.25 bits per heavy atom. The van der Waals surface area contributed by atoms with Gasteiger partial charge in [0, 0.05) is 12.2 Å². The van der Waals surface area contributed by atoms with E-state index in [4.69, 9.17) is 4.74 Å². The first-order chi connectivity index (χ1) is 7.68. The summed E-state index contributed by atoms with van der Waals surface area (Å²) in [5, 5.41) is 3.00. The Bertz CT molecular complexity index is 395. The number of rotatable bonds is 2. The predicted molar refractivity (Wildman–Crippen MR) is 62.6 cm³/mol. The van der Waals surface area contributed by atoms with Crippen LogP contribution in [0.3, 0.4) is 0 Å². The third-order valence-corrected chi connectivity index (χ3v) is 3.11. The second-order valence-corrected chi connectivity index (χ2v) is 4.28. The topological polar surface area (TPSA) is 38.3 Å². The molecular formula is C13H17NO2. The van der Waals surface area contributed by atoms with Crippen LogP contribution in [-0.2, 0) is 4.74 Å². The van der Waals surface area contributed by atoms with Crippen LogP contribution in [0, 0.1) is 13.8 Å². The van der Waals surface area contributed by atoms with E-state index in [1.165, 1.54) is 0 Å². The van der Waals surface area contributed by atoms with Gasteiger partial charge in [-0.3, -0.25) is 4.79 Å². The van der Waals surface area contributed by atoms with Crippen LogP contribution in [0.4, 0.5) is 0 Å². The molecule has 1 fully saturated rings. The van der Waals surface area contributed by atoms with E-state index in [9.17, 15) is 4.79 Å². The number of carbonyl (C=O) groups is 1. The van der Waals surface area contributed by atoms with Crippen molar-refractivity contribution in [1.82, 2.24) is 5.32 Å².